The van der Waals surface area contributed by atoms with E-state index in [1.165, 1.54) is 0 Å². The highest BCUT2D eigenvalue weighted by Crippen LogP contribution is 2.15. The minimum Gasteiger partial charge on any atom is -0.368 e. The Balaban J connectivity index is 1.91. The van der Waals surface area contributed by atoms with Crippen molar-refractivity contribution in [2.75, 3.05) is 19.0 Å². The molecule has 1 aliphatic heterocycles. The highest BCUT2D eigenvalue weighted by Gasteiger charge is 2.23. The predicted octanol–water partition coefficient (Wildman–Crippen LogP) is 1.09. The van der Waals surface area contributed by atoms with Crippen molar-refractivity contribution < 1.29 is 14.3 Å². The van der Waals surface area contributed by atoms with Gasteiger partial charge in [0.25, 0.3) is 5.91 Å². The molecule has 2 amide bonds. The standard InChI is InChI=1S/C14H18N2O3/c1-15-13(17)9-10-4-6-11(7-5-10)16-14(18)12-3-2-8-19-12/h4-7,12H,2-3,8-9H2,1H3,(H,15,17)(H,16,18)/t12-/m0/s1. The van der Waals surface area contributed by atoms with Gasteiger partial charge in [-0.05, 0) is 30.5 Å². The summed E-state index contributed by atoms with van der Waals surface area (Å²) in [4.78, 5) is 23.0. The molecule has 5 heteroatoms. The summed E-state index contributed by atoms with van der Waals surface area (Å²) in [5.74, 6) is -0.132. The number of ether oxygens (including phenoxy) is 1. The lowest BCUT2D eigenvalue weighted by Crippen LogP contribution is -2.26. The average Bonchev–Trinajstić information content (AvgIpc) is 2.95. The Morgan fingerprint density at radius 2 is 2.05 bits per heavy atom. The molecule has 1 aromatic rings. The SMILES string of the molecule is CNC(=O)Cc1ccc(NC(=O)[C@@H]2CCCO2)cc1. The van der Waals surface area contributed by atoms with Crippen LogP contribution in [-0.2, 0) is 20.7 Å². The van der Waals surface area contributed by atoms with E-state index >= 15 is 0 Å². The predicted molar refractivity (Wildman–Crippen MR) is 71.8 cm³/mol. The quantitative estimate of drug-likeness (QED) is 0.853. The molecule has 1 fully saturated rings. The number of benzene rings is 1. The van der Waals surface area contributed by atoms with Crippen LogP contribution in [0.1, 0.15) is 18.4 Å². The van der Waals surface area contributed by atoms with Crippen LogP contribution in [0.3, 0.4) is 0 Å². The third-order valence-electron chi connectivity index (χ3n) is 3.09. The lowest BCUT2D eigenvalue weighted by molar-refractivity contribution is -0.124. The average molecular weight is 262 g/mol. The summed E-state index contributed by atoms with van der Waals surface area (Å²) in [7, 11) is 1.61. The monoisotopic (exact) mass is 262 g/mol. The molecule has 0 bridgehead atoms. The van der Waals surface area contributed by atoms with Gasteiger partial charge in [-0.2, -0.15) is 0 Å². The summed E-state index contributed by atoms with van der Waals surface area (Å²) in [5.41, 5.74) is 1.63. The van der Waals surface area contributed by atoms with Crippen LogP contribution in [0.25, 0.3) is 0 Å². The van der Waals surface area contributed by atoms with Crippen LogP contribution in [0.15, 0.2) is 24.3 Å². The van der Waals surface area contributed by atoms with Gasteiger partial charge < -0.3 is 15.4 Å². The topological polar surface area (TPSA) is 67.4 Å². The second-order valence-corrected chi connectivity index (χ2v) is 4.54. The van der Waals surface area contributed by atoms with E-state index in [2.05, 4.69) is 10.6 Å². The molecule has 1 atom stereocenters. The zero-order chi connectivity index (χ0) is 13.7. The van der Waals surface area contributed by atoms with Crippen molar-refractivity contribution in [2.24, 2.45) is 0 Å². The van der Waals surface area contributed by atoms with E-state index in [0.29, 0.717) is 13.0 Å². The molecule has 1 aromatic carbocycles. The van der Waals surface area contributed by atoms with Crippen LogP contribution in [0.2, 0.25) is 0 Å². The first-order valence-corrected chi connectivity index (χ1v) is 6.41. The Kier molecular flexibility index (Phi) is 4.52. The van der Waals surface area contributed by atoms with E-state index in [1.807, 2.05) is 12.1 Å². The Bertz CT molecular complexity index is 450. The van der Waals surface area contributed by atoms with Crippen LogP contribution in [0.5, 0.6) is 0 Å². The van der Waals surface area contributed by atoms with Gasteiger partial charge in [0.1, 0.15) is 6.10 Å². The molecule has 0 spiro atoms. The van der Waals surface area contributed by atoms with Crippen molar-refractivity contribution in [2.45, 2.75) is 25.4 Å². The van der Waals surface area contributed by atoms with E-state index in [4.69, 9.17) is 4.74 Å². The van der Waals surface area contributed by atoms with Crippen LogP contribution >= 0.6 is 0 Å². The number of nitrogens with one attached hydrogen (secondary N) is 2. The van der Waals surface area contributed by atoms with E-state index in [1.54, 1.807) is 19.2 Å². The number of hydrogen-bond acceptors (Lipinski definition) is 3. The van der Waals surface area contributed by atoms with Crippen LogP contribution < -0.4 is 10.6 Å². The lowest BCUT2D eigenvalue weighted by atomic mass is 10.1. The van der Waals surface area contributed by atoms with Crippen molar-refractivity contribution in [3.8, 4) is 0 Å². The molecular weight excluding hydrogens is 244 g/mol. The number of likely N-dealkylation sites (N-methyl/N-ethyl adjacent to an activating group) is 1. The maximum Gasteiger partial charge on any atom is 0.253 e. The molecule has 0 aromatic heterocycles. The first-order chi connectivity index (χ1) is 9.19. The molecule has 2 N–H and O–H groups in total. The molecular formula is C14H18N2O3. The zero-order valence-corrected chi connectivity index (χ0v) is 10.9. The van der Waals surface area contributed by atoms with Gasteiger partial charge in [0.2, 0.25) is 5.91 Å². The van der Waals surface area contributed by atoms with E-state index in [9.17, 15) is 9.59 Å². The van der Waals surface area contributed by atoms with E-state index in [0.717, 1.165) is 24.1 Å². The fourth-order valence-corrected chi connectivity index (χ4v) is 1.99. The summed E-state index contributed by atoms with van der Waals surface area (Å²) < 4.78 is 5.31. The molecule has 1 saturated heterocycles. The molecule has 1 heterocycles. The Hall–Kier alpha value is -1.88. The molecule has 0 radical (unpaired) electrons. The van der Waals surface area contributed by atoms with Crippen LogP contribution in [0.4, 0.5) is 5.69 Å². The minimum absolute atomic E-state index is 0.0314. The summed E-state index contributed by atoms with van der Waals surface area (Å²) in [5, 5.41) is 5.39. The fraction of sp³-hybridized carbons (Fsp3) is 0.429. The molecule has 1 aliphatic rings. The molecule has 2 rings (SSSR count). The van der Waals surface area contributed by atoms with E-state index < -0.39 is 0 Å². The van der Waals surface area contributed by atoms with Crippen molar-refractivity contribution in [1.82, 2.24) is 5.32 Å². The number of amides is 2. The Labute approximate surface area is 112 Å². The van der Waals surface area contributed by atoms with Gasteiger partial charge in [0.05, 0.1) is 6.42 Å². The summed E-state index contributed by atoms with van der Waals surface area (Å²) in [6.45, 7) is 0.656. The number of carbonyl (C=O) groups excluding carboxylic acids is 2. The fourth-order valence-electron chi connectivity index (χ4n) is 1.99. The maximum atomic E-state index is 11.8. The smallest absolute Gasteiger partial charge is 0.253 e. The number of hydrogen-bond donors (Lipinski definition) is 2. The lowest BCUT2D eigenvalue weighted by Gasteiger charge is -2.10. The number of anilines is 1. The maximum absolute atomic E-state index is 11.8. The third-order valence-corrected chi connectivity index (χ3v) is 3.09. The summed E-state index contributed by atoms with van der Waals surface area (Å²) in [6.07, 6.45) is 1.73. The summed E-state index contributed by atoms with van der Waals surface area (Å²) in [6, 6.07) is 7.26. The second kappa shape index (κ2) is 6.33. The number of carbonyl (C=O) groups is 2. The van der Waals surface area contributed by atoms with Gasteiger partial charge in [0.15, 0.2) is 0 Å². The largest absolute Gasteiger partial charge is 0.368 e. The Morgan fingerprint density at radius 1 is 1.32 bits per heavy atom. The first-order valence-electron chi connectivity index (χ1n) is 6.41. The van der Waals surface area contributed by atoms with Gasteiger partial charge >= 0.3 is 0 Å². The van der Waals surface area contributed by atoms with Crippen LogP contribution in [-0.4, -0.2) is 31.6 Å². The van der Waals surface area contributed by atoms with Gasteiger partial charge in [0, 0.05) is 19.3 Å². The van der Waals surface area contributed by atoms with Crippen molar-refractivity contribution in [3.05, 3.63) is 29.8 Å². The molecule has 5 nitrogen and oxygen atoms in total. The molecule has 0 saturated carbocycles. The Morgan fingerprint density at radius 3 is 2.63 bits per heavy atom. The molecule has 0 aliphatic carbocycles. The zero-order valence-electron chi connectivity index (χ0n) is 10.9. The van der Waals surface area contributed by atoms with Gasteiger partial charge in [-0.25, -0.2) is 0 Å². The summed E-state index contributed by atoms with van der Waals surface area (Å²) >= 11 is 0. The van der Waals surface area contributed by atoms with Crippen molar-refractivity contribution in [1.29, 1.82) is 0 Å². The second-order valence-electron chi connectivity index (χ2n) is 4.54. The van der Waals surface area contributed by atoms with Gasteiger partial charge in [-0.15, -0.1) is 0 Å². The minimum atomic E-state index is -0.328. The first kappa shape index (κ1) is 13.5. The molecule has 19 heavy (non-hydrogen) atoms. The van der Waals surface area contributed by atoms with E-state index in [-0.39, 0.29) is 17.9 Å². The van der Waals surface area contributed by atoms with Gasteiger partial charge in [-0.1, -0.05) is 12.1 Å². The number of rotatable bonds is 4. The normalized spacial score (nSPS) is 18.1. The van der Waals surface area contributed by atoms with Crippen molar-refractivity contribution in [3.63, 3.8) is 0 Å². The highest BCUT2D eigenvalue weighted by atomic mass is 16.5. The van der Waals surface area contributed by atoms with Crippen LogP contribution in [0, 0.1) is 0 Å². The third kappa shape index (κ3) is 3.79. The molecule has 102 valence electrons. The molecule has 0 unspecified atom stereocenters. The van der Waals surface area contributed by atoms with Gasteiger partial charge in [-0.3, -0.25) is 9.59 Å². The highest BCUT2D eigenvalue weighted by molar-refractivity contribution is 5.94. The van der Waals surface area contributed by atoms with Crippen molar-refractivity contribution >= 4 is 17.5 Å².